The number of benzene rings is 1. The quantitative estimate of drug-likeness (QED) is 0.523. The smallest absolute Gasteiger partial charge is 0.185 e. The lowest BCUT2D eigenvalue weighted by Gasteiger charge is -2.00. The zero-order valence-corrected chi connectivity index (χ0v) is 8.69. The Morgan fingerprint density at radius 1 is 1.38 bits per heavy atom. The number of aryl methyl sites for hydroxylation is 1. The molecule has 0 N–H and O–H groups in total. The summed E-state index contributed by atoms with van der Waals surface area (Å²) in [5.74, 6) is 5.44. The van der Waals surface area contributed by atoms with Crippen LogP contribution in [0.1, 0.15) is 21.7 Å². The molecule has 0 saturated carbocycles. The lowest BCUT2D eigenvalue weighted by molar-refractivity contribution is 0.112. The molecule has 3 nitrogen and oxygen atoms in total. The summed E-state index contributed by atoms with van der Waals surface area (Å²) in [6.45, 7) is 0. The molecule has 0 bridgehead atoms. The Bertz CT molecular complexity index is 666. The Labute approximate surface area is 93.1 Å². The predicted molar refractivity (Wildman–Crippen MR) is 62.0 cm³/mol. The van der Waals surface area contributed by atoms with Gasteiger partial charge in [-0.3, -0.25) is 4.79 Å². The van der Waals surface area contributed by atoms with Gasteiger partial charge in [0.1, 0.15) is 5.52 Å². The first kappa shape index (κ1) is 10.0. The fourth-order valence-electron chi connectivity index (χ4n) is 1.69. The van der Waals surface area contributed by atoms with E-state index >= 15 is 0 Å². The van der Waals surface area contributed by atoms with E-state index in [9.17, 15) is 4.79 Å². The Balaban J connectivity index is 3.02. The Kier molecular flexibility index (Phi) is 2.23. The fourth-order valence-corrected chi connectivity index (χ4v) is 1.69. The highest BCUT2D eigenvalue weighted by molar-refractivity contribution is 5.97. The summed E-state index contributed by atoms with van der Waals surface area (Å²) in [6, 6.07) is 3.37. The van der Waals surface area contributed by atoms with E-state index in [2.05, 4.69) is 16.8 Å². The van der Waals surface area contributed by atoms with Gasteiger partial charge in [-0.05, 0) is 18.1 Å². The second-order valence-corrected chi connectivity index (χ2v) is 3.30. The summed E-state index contributed by atoms with van der Waals surface area (Å²) in [5.41, 5.74) is 2.45. The first-order valence-corrected chi connectivity index (χ1v) is 4.60. The van der Waals surface area contributed by atoms with Gasteiger partial charge in [0.05, 0.1) is 11.1 Å². The van der Waals surface area contributed by atoms with E-state index in [0.717, 1.165) is 6.29 Å². The number of fused-ring (bicyclic) bond motifs is 1. The minimum atomic E-state index is 0.459. The van der Waals surface area contributed by atoms with Crippen molar-refractivity contribution >= 4 is 17.3 Å². The van der Waals surface area contributed by atoms with Crippen molar-refractivity contribution in [3.8, 4) is 24.7 Å². The van der Waals surface area contributed by atoms with Crippen molar-refractivity contribution in [2.45, 2.75) is 0 Å². The van der Waals surface area contributed by atoms with Gasteiger partial charge >= 0.3 is 0 Å². The molecule has 0 aliphatic heterocycles. The van der Waals surface area contributed by atoms with Crippen molar-refractivity contribution < 1.29 is 4.79 Å². The lowest BCUT2D eigenvalue weighted by Crippen LogP contribution is -1.95. The fraction of sp³-hybridized carbons (Fsp3) is 0.0769. The molecule has 1 aromatic heterocycles. The minimum absolute atomic E-state index is 0.459. The van der Waals surface area contributed by atoms with Crippen LogP contribution in [0.5, 0.6) is 0 Å². The Morgan fingerprint density at radius 3 is 2.69 bits per heavy atom. The van der Waals surface area contributed by atoms with Gasteiger partial charge in [-0.1, -0.05) is 5.92 Å². The molecule has 1 heterocycles. The van der Waals surface area contributed by atoms with Crippen LogP contribution in [-0.2, 0) is 7.05 Å². The third-order valence-electron chi connectivity index (χ3n) is 2.46. The van der Waals surface area contributed by atoms with Gasteiger partial charge in [-0.25, -0.2) is 4.98 Å². The summed E-state index contributed by atoms with van der Waals surface area (Å²) in [4.78, 5) is 15.2. The molecule has 0 spiro atoms. The van der Waals surface area contributed by atoms with Gasteiger partial charge in [0.25, 0.3) is 0 Å². The molecule has 0 atom stereocenters. The number of rotatable bonds is 1. The molecular weight excluding hydrogens is 200 g/mol. The molecule has 0 aliphatic carbocycles. The highest BCUT2D eigenvalue weighted by Gasteiger charge is 2.12. The molecule has 76 valence electrons. The topological polar surface area (TPSA) is 34.9 Å². The van der Waals surface area contributed by atoms with Gasteiger partial charge in [0.2, 0.25) is 0 Å². The van der Waals surface area contributed by atoms with Crippen molar-refractivity contribution in [3.63, 3.8) is 0 Å². The van der Waals surface area contributed by atoms with Crippen molar-refractivity contribution in [3.05, 3.63) is 29.1 Å². The van der Waals surface area contributed by atoms with E-state index in [-0.39, 0.29) is 0 Å². The summed E-state index contributed by atoms with van der Waals surface area (Å²) < 4.78 is 1.69. The number of nitrogens with zero attached hydrogens (tertiary/aromatic N) is 2. The maximum atomic E-state index is 10.9. The Morgan fingerprint density at radius 2 is 2.12 bits per heavy atom. The lowest BCUT2D eigenvalue weighted by atomic mass is 10.1. The molecule has 3 heteroatoms. The zero-order chi connectivity index (χ0) is 11.7. The van der Waals surface area contributed by atoms with Crippen LogP contribution in [0, 0.1) is 24.7 Å². The maximum Gasteiger partial charge on any atom is 0.185 e. The summed E-state index contributed by atoms with van der Waals surface area (Å²) in [5, 5.41) is 0. The number of imidazole rings is 1. The van der Waals surface area contributed by atoms with Crippen LogP contribution in [0.25, 0.3) is 11.0 Å². The van der Waals surface area contributed by atoms with Crippen LogP contribution < -0.4 is 0 Å². The van der Waals surface area contributed by atoms with E-state index in [1.807, 2.05) is 0 Å². The molecule has 0 amide bonds. The average molecular weight is 208 g/mol. The van der Waals surface area contributed by atoms with Gasteiger partial charge < -0.3 is 4.57 Å². The number of carbonyl (C=O) groups is 1. The predicted octanol–water partition coefficient (Wildman–Crippen LogP) is 1.35. The normalized spacial score (nSPS) is 9.69. The molecule has 2 rings (SSSR count). The van der Waals surface area contributed by atoms with Gasteiger partial charge in [0, 0.05) is 12.6 Å². The van der Waals surface area contributed by atoms with Crippen LogP contribution >= 0.6 is 0 Å². The van der Waals surface area contributed by atoms with E-state index in [4.69, 9.17) is 12.8 Å². The van der Waals surface area contributed by atoms with Crippen LogP contribution in [0.2, 0.25) is 0 Å². The molecule has 0 saturated heterocycles. The van der Waals surface area contributed by atoms with Gasteiger partial charge in [0.15, 0.2) is 12.1 Å². The molecule has 0 aliphatic rings. The largest absolute Gasteiger partial charge is 0.320 e. The van der Waals surface area contributed by atoms with Gasteiger partial charge in [-0.2, -0.15) is 0 Å². The first-order valence-electron chi connectivity index (χ1n) is 4.60. The van der Waals surface area contributed by atoms with Crippen LogP contribution in [-0.4, -0.2) is 15.8 Å². The third kappa shape index (κ3) is 1.20. The summed E-state index contributed by atoms with van der Waals surface area (Å²) in [7, 11) is 1.76. The van der Waals surface area contributed by atoms with E-state index < -0.39 is 0 Å². The van der Waals surface area contributed by atoms with Crippen molar-refractivity contribution in [2.75, 3.05) is 0 Å². The average Bonchev–Trinajstić information content (AvgIpc) is 2.66. The molecular formula is C13H8N2O. The molecule has 0 unspecified atom stereocenters. The monoisotopic (exact) mass is 208 g/mol. The minimum Gasteiger partial charge on any atom is -0.320 e. The second kappa shape index (κ2) is 3.56. The van der Waals surface area contributed by atoms with Crippen molar-refractivity contribution in [1.82, 2.24) is 9.55 Å². The van der Waals surface area contributed by atoms with Gasteiger partial charge in [-0.15, -0.1) is 12.8 Å². The van der Waals surface area contributed by atoms with Crippen LogP contribution in [0.15, 0.2) is 12.1 Å². The van der Waals surface area contributed by atoms with Crippen molar-refractivity contribution in [2.24, 2.45) is 7.05 Å². The van der Waals surface area contributed by atoms with E-state index in [0.29, 0.717) is 28.0 Å². The number of aldehydes is 1. The number of hydrogen-bond donors (Lipinski definition) is 0. The van der Waals surface area contributed by atoms with Crippen LogP contribution in [0.4, 0.5) is 0 Å². The van der Waals surface area contributed by atoms with Crippen LogP contribution in [0.3, 0.4) is 0 Å². The molecule has 0 fully saturated rings. The molecule has 1 aromatic carbocycles. The number of hydrogen-bond acceptors (Lipinski definition) is 2. The van der Waals surface area contributed by atoms with E-state index in [1.54, 1.807) is 23.7 Å². The first-order chi connectivity index (χ1) is 7.72. The van der Waals surface area contributed by atoms with E-state index in [1.165, 1.54) is 0 Å². The number of aromatic nitrogens is 2. The third-order valence-corrected chi connectivity index (χ3v) is 2.46. The molecule has 2 aromatic rings. The highest BCUT2D eigenvalue weighted by Crippen LogP contribution is 2.21. The highest BCUT2D eigenvalue weighted by atomic mass is 16.1. The second-order valence-electron chi connectivity index (χ2n) is 3.30. The molecule has 16 heavy (non-hydrogen) atoms. The summed E-state index contributed by atoms with van der Waals surface area (Å²) in [6.07, 6.45) is 11.5. The Hall–Kier alpha value is -2.52. The van der Waals surface area contributed by atoms with Crippen molar-refractivity contribution in [1.29, 1.82) is 0 Å². The summed E-state index contributed by atoms with van der Waals surface area (Å²) >= 11 is 0. The zero-order valence-electron chi connectivity index (χ0n) is 8.69. The molecule has 0 radical (unpaired) electrons. The SMILES string of the molecule is C#Cc1ccc(C=O)c2c1nc(C#C)n2C. The number of carbonyl (C=O) groups excluding carboxylic acids is 1. The standard InChI is InChI=1S/C13H8N2O/c1-4-9-6-7-10(8-16)13-12(9)14-11(5-2)15(13)3/h1-2,6-8H,3H3. The number of terminal acetylenes is 2. The maximum absolute atomic E-state index is 10.9.